The van der Waals surface area contributed by atoms with Crippen molar-refractivity contribution in [2.45, 2.75) is 12.1 Å². The van der Waals surface area contributed by atoms with Gasteiger partial charge in [0, 0.05) is 13.5 Å². The summed E-state index contributed by atoms with van der Waals surface area (Å²) in [7, 11) is 1.18. The lowest BCUT2D eigenvalue weighted by Gasteiger charge is -2.35. The summed E-state index contributed by atoms with van der Waals surface area (Å²) in [6.07, 6.45) is -0.148. The number of amides is 2. The second-order valence-corrected chi connectivity index (χ2v) is 5.45. The molecule has 1 heterocycles. The highest BCUT2D eigenvalue weighted by Gasteiger charge is 2.54. The molecule has 0 unspecified atom stereocenters. The first-order chi connectivity index (χ1) is 11.5. The molecule has 1 aliphatic rings. The second kappa shape index (κ2) is 5.90. The molecule has 2 aromatic carbocycles. The number of hydrogen-bond acceptors (Lipinski definition) is 4. The standard InChI is InChI=1S/C18H15NO5/c1-24-18(17(22)23,11-12-7-3-2-4-8-12)19-15(20)13-9-5-6-10-14(13)16(19)21/h2-10H,11H2,1H3,(H,22,23)/t18-/m0/s1. The number of methoxy groups -OCH3 is 1. The van der Waals surface area contributed by atoms with E-state index in [1.54, 1.807) is 42.5 Å². The van der Waals surface area contributed by atoms with Crippen molar-refractivity contribution in [1.82, 2.24) is 4.90 Å². The Balaban J connectivity index is 2.09. The van der Waals surface area contributed by atoms with Crippen LogP contribution in [0.25, 0.3) is 0 Å². The topological polar surface area (TPSA) is 83.9 Å². The smallest absolute Gasteiger partial charge is 0.358 e. The molecular formula is C18H15NO5. The summed E-state index contributed by atoms with van der Waals surface area (Å²) < 4.78 is 5.24. The largest absolute Gasteiger partial charge is 0.478 e. The number of aliphatic carboxylic acids is 1. The summed E-state index contributed by atoms with van der Waals surface area (Å²) >= 11 is 0. The van der Waals surface area contributed by atoms with E-state index in [1.165, 1.54) is 19.2 Å². The monoisotopic (exact) mass is 325 g/mol. The third-order valence-electron chi connectivity index (χ3n) is 4.11. The first-order valence-corrected chi connectivity index (χ1v) is 7.31. The summed E-state index contributed by atoms with van der Waals surface area (Å²) in [6, 6.07) is 15.0. The Morgan fingerprint density at radius 3 is 1.96 bits per heavy atom. The summed E-state index contributed by atoms with van der Waals surface area (Å²) in [5.74, 6) is -2.74. The van der Waals surface area contributed by atoms with Crippen molar-refractivity contribution in [2.75, 3.05) is 7.11 Å². The molecule has 0 fully saturated rings. The van der Waals surface area contributed by atoms with Gasteiger partial charge < -0.3 is 9.84 Å². The van der Waals surface area contributed by atoms with Crippen molar-refractivity contribution in [1.29, 1.82) is 0 Å². The number of imide groups is 1. The van der Waals surface area contributed by atoms with Gasteiger partial charge in [-0.3, -0.25) is 9.59 Å². The van der Waals surface area contributed by atoms with Crippen LogP contribution in [0.1, 0.15) is 26.3 Å². The van der Waals surface area contributed by atoms with Crippen LogP contribution in [-0.2, 0) is 16.0 Å². The number of nitrogens with zero attached hydrogens (tertiary/aromatic N) is 1. The molecule has 1 aliphatic heterocycles. The lowest BCUT2D eigenvalue weighted by molar-refractivity contribution is -0.178. The Morgan fingerprint density at radius 1 is 1.00 bits per heavy atom. The van der Waals surface area contributed by atoms with Gasteiger partial charge >= 0.3 is 5.97 Å². The van der Waals surface area contributed by atoms with Crippen LogP contribution in [0.15, 0.2) is 54.6 Å². The molecule has 2 amide bonds. The zero-order valence-electron chi connectivity index (χ0n) is 12.9. The number of rotatable bonds is 5. The number of carboxylic acid groups (broad SMARTS) is 1. The van der Waals surface area contributed by atoms with Crippen LogP contribution >= 0.6 is 0 Å². The predicted octanol–water partition coefficient (Wildman–Crippen LogP) is 1.95. The number of hydrogen-bond donors (Lipinski definition) is 1. The average molecular weight is 325 g/mol. The zero-order chi connectivity index (χ0) is 17.3. The van der Waals surface area contributed by atoms with Crippen LogP contribution in [0.2, 0.25) is 0 Å². The quantitative estimate of drug-likeness (QED) is 0.850. The third kappa shape index (κ3) is 2.28. The molecule has 1 N–H and O–H groups in total. The van der Waals surface area contributed by atoms with E-state index in [2.05, 4.69) is 0 Å². The van der Waals surface area contributed by atoms with Gasteiger partial charge in [-0.1, -0.05) is 42.5 Å². The Hall–Kier alpha value is -2.99. The van der Waals surface area contributed by atoms with E-state index in [0.717, 1.165) is 0 Å². The van der Waals surface area contributed by atoms with Crippen molar-refractivity contribution >= 4 is 17.8 Å². The molecule has 0 saturated heterocycles. The van der Waals surface area contributed by atoms with E-state index < -0.39 is 23.5 Å². The van der Waals surface area contributed by atoms with Crippen LogP contribution in [0.4, 0.5) is 0 Å². The normalized spacial score (nSPS) is 16.0. The Labute approximate surface area is 138 Å². The second-order valence-electron chi connectivity index (χ2n) is 5.45. The average Bonchev–Trinajstić information content (AvgIpc) is 2.86. The van der Waals surface area contributed by atoms with Crippen molar-refractivity contribution < 1.29 is 24.2 Å². The molecule has 6 nitrogen and oxygen atoms in total. The summed E-state index contributed by atoms with van der Waals surface area (Å²) in [6.45, 7) is 0. The summed E-state index contributed by atoms with van der Waals surface area (Å²) in [5.41, 5.74) is -1.11. The van der Waals surface area contributed by atoms with Gasteiger partial charge in [0.2, 0.25) is 0 Å². The first kappa shape index (κ1) is 15.9. The minimum absolute atomic E-state index is 0.148. The van der Waals surface area contributed by atoms with Crippen molar-refractivity contribution in [3.05, 3.63) is 71.3 Å². The Kier molecular flexibility index (Phi) is 3.91. The number of carboxylic acids is 1. The van der Waals surface area contributed by atoms with Crippen LogP contribution < -0.4 is 0 Å². The number of carbonyl (C=O) groups excluding carboxylic acids is 2. The Morgan fingerprint density at radius 2 is 1.50 bits per heavy atom. The molecule has 24 heavy (non-hydrogen) atoms. The molecular weight excluding hydrogens is 310 g/mol. The van der Waals surface area contributed by atoms with Gasteiger partial charge in [0.15, 0.2) is 0 Å². The molecule has 2 aromatic rings. The maximum atomic E-state index is 12.7. The van der Waals surface area contributed by atoms with E-state index in [1.807, 2.05) is 0 Å². The summed E-state index contributed by atoms with van der Waals surface area (Å²) in [5, 5.41) is 9.79. The lowest BCUT2D eigenvalue weighted by atomic mass is 10.0. The SMILES string of the molecule is CO[C@@](Cc1ccccc1)(C(=O)O)N1C(=O)c2ccccc2C1=O. The van der Waals surface area contributed by atoms with Gasteiger partial charge in [0.1, 0.15) is 0 Å². The molecule has 0 bridgehead atoms. The highest BCUT2D eigenvalue weighted by atomic mass is 16.5. The highest BCUT2D eigenvalue weighted by molar-refractivity contribution is 6.23. The van der Waals surface area contributed by atoms with Crippen LogP contribution in [-0.4, -0.2) is 40.6 Å². The van der Waals surface area contributed by atoms with Gasteiger partial charge in [-0.2, -0.15) is 0 Å². The molecule has 1 atom stereocenters. The Bertz CT molecular complexity index is 782. The van der Waals surface area contributed by atoms with Crippen molar-refractivity contribution in [3.8, 4) is 0 Å². The molecule has 0 spiro atoms. The third-order valence-corrected chi connectivity index (χ3v) is 4.11. The molecule has 3 rings (SSSR count). The van der Waals surface area contributed by atoms with E-state index in [-0.39, 0.29) is 17.5 Å². The van der Waals surface area contributed by atoms with Crippen molar-refractivity contribution in [2.24, 2.45) is 0 Å². The molecule has 0 saturated carbocycles. The highest BCUT2D eigenvalue weighted by Crippen LogP contribution is 2.32. The van der Waals surface area contributed by atoms with E-state index >= 15 is 0 Å². The fourth-order valence-electron chi connectivity index (χ4n) is 2.89. The number of ether oxygens (including phenoxy) is 1. The van der Waals surface area contributed by atoms with Gasteiger partial charge in [-0.15, -0.1) is 0 Å². The minimum Gasteiger partial charge on any atom is -0.478 e. The summed E-state index contributed by atoms with van der Waals surface area (Å²) in [4.78, 5) is 38.1. The van der Waals surface area contributed by atoms with E-state index in [0.29, 0.717) is 10.5 Å². The predicted molar refractivity (Wildman–Crippen MR) is 84.5 cm³/mol. The molecule has 122 valence electrons. The van der Waals surface area contributed by atoms with Gasteiger partial charge in [0.25, 0.3) is 17.5 Å². The van der Waals surface area contributed by atoms with Gasteiger partial charge in [-0.25, -0.2) is 9.69 Å². The van der Waals surface area contributed by atoms with Crippen molar-refractivity contribution in [3.63, 3.8) is 0 Å². The maximum Gasteiger partial charge on any atom is 0.358 e. The fraction of sp³-hybridized carbons (Fsp3) is 0.167. The first-order valence-electron chi connectivity index (χ1n) is 7.31. The number of carbonyl (C=O) groups is 3. The molecule has 0 aromatic heterocycles. The molecule has 0 radical (unpaired) electrons. The molecule has 6 heteroatoms. The van der Waals surface area contributed by atoms with Crippen LogP contribution in [0.3, 0.4) is 0 Å². The number of benzene rings is 2. The maximum absolute atomic E-state index is 12.7. The van der Waals surface area contributed by atoms with Gasteiger partial charge in [0.05, 0.1) is 11.1 Å². The zero-order valence-corrected chi connectivity index (χ0v) is 12.9. The van der Waals surface area contributed by atoms with E-state index in [4.69, 9.17) is 4.74 Å². The lowest BCUT2D eigenvalue weighted by Crippen LogP contribution is -2.60. The fourth-order valence-corrected chi connectivity index (χ4v) is 2.89. The number of fused-ring (bicyclic) bond motifs is 1. The van der Waals surface area contributed by atoms with Crippen LogP contribution in [0.5, 0.6) is 0 Å². The van der Waals surface area contributed by atoms with Crippen LogP contribution in [0, 0.1) is 0 Å². The van der Waals surface area contributed by atoms with Gasteiger partial charge in [-0.05, 0) is 17.7 Å². The van der Waals surface area contributed by atoms with E-state index in [9.17, 15) is 19.5 Å². The molecule has 0 aliphatic carbocycles. The minimum atomic E-state index is -2.10.